The molecule has 0 radical (unpaired) electrons. The van der Waals surface area contributed by atoms with Gasteiger partial charge in [-0.2, -0.15) is 0 Å². The Balaban J connectivity index is 0.977. The van der Waals surface area contributed by atoms with Gasteiger partial charge in [-0.25, -0.2) is 0 Å². The predicted molar refractivity (Wildman–Crippen MR) is 287 cm³/mol. The highest BCUT2D eigenvalue weighted by molar-refractivity contribution is 6.01. The van der Waals surface area contributed by atoms with Crippen LogP contribution in [0.4, 0.5) is 17.1 Å². The summed E-state index contributed by atoms with van der Waals surface area (Å²) in [6.45, 7) is 0. The minimum atomic E-state index is -0.612. The minimum absolute atomic E-state index is 0.568. The summed E-state index contributed by atoms with van der Waals surface area (Å²) < 4.78 is 13.4. The lowest BCUT2D eigenvalue weighted by Gasteiger charge is -2.39. The molecule has 0 fully saturated rings. The molecule has 0 saturated carbocycles. The van der Waals surface area contributed by atoms with Crippen LogP contribution in [0.1, 0.15) is 44.5 Å². The van der Waals surface area contributed by atoms with Crippen LogP contribution in [0.15, 0.2) is 261 Å². The van der Waals surface area contributed by atoms with Gasteiger partial charge in [-0.3, -0.25) is 0 Å². The number of hydrogen-bond donors (Lipinski definition) is 0. The molecule has 0 unspecified atom stereocenters. The predicted octanol–water partition coefficient (Wildman–Crippen LogP) is 17.4. The van der Waals surface area contributed by atoms with E-state index in [1.165, 1.54) is 44.5 Å². The Morgan fingerprint density at radius 2 is 0.676 bits per heavy atom. The van der Waals surface area contributed by atoms with E-state index in [0.717, 1.165) is 84.6 Å². The number of fused-ring (bicyclic) bond motifs is 18. The molecule has 15 rings (SSSR count). The third kappa shape index (κ3) is 5.43. The Labute approximate surface area is 413 Å². The van der Waals surface area contributed by atoms with Gasteiger partial charge in [-0.15, -0.1) is 0 Å². The zero-order valence-electron chi connectivity index (χ0n) is 38.6. The molecule has 3 heteroatoms. The van der Waals surface area contributed by atoms with E-state index in [4.69, 9.17) is 9.47 Å². The quantitative estimate of drug-likeness (QED) is 0.172. The summed E-state index contributed by atoms with van der Waals surface area (Å²) in [5.74, 6) is 3.54. The van der Waals surface area contributed by atoms with Crippen LogP contribution < -0.4 is 14.4 Å². The standard InChI is InChI=1S/C68H43NO2/c1-2-20-44(21-3-1)48-24-6-13-34-60(48)69(61-35-19-33-58-66(61)51-26-5-8-28-53(51)67(58)54-29-9-14-36-62(54)70-63-37-15-10-30-55(63)67)47-23-18-22-45(42-47)46-40-41-50-49-25-4-7-27-52(49)68(59(50)43-46)56-31-11-16-38-64(56)71-65-39-17-12-32-57(65)68/h1-43H. The van der Waals surface area contributed by atoms with Gasteiger partial charge < -0.3 is 14.4 Å². The summed E-state index contributed by atoms with van der Waals surface area (Å²) in [5.41, 5.74) is 21.2. The topological polar surface area (TPSA) is 21.7 Å². The molecular formula is C68H43NO2. The van der Waals surface area contributed by atoms with Gasteiger partial charge in [0.25, 0.3) is 0 Å². The van der Waals surface area contributed by atoms with Gasteiger partial charge in [-0.05, 0) is 110 Å². The molecule has 2 heterocycles. The molecule has 0 aromatic heterocycles. The molecule has 11 aromatic carbocycles. The Bertz CT molecular complexity index is 3890. The molecule has 2 aliphatic heterocycles. The van der Waals surface area contributed by atoms with Gasteiger partial charge in [0.2, 0.25) is 0 Å². The Morgan fingerprint density at radius 1 is 0.254 bits per heavy atom. The molecule has 11 aromatic rings. The van der Waals surface area contributed by atoms with Crippen LogP contribution in [0.3, 0.4) is 0 Å². The average molecular weight is 906 g/mol. The first-order valence-electron chi connectivity index (χ1n) is 24.5. The average Bonchev–Trinajstić information content (AvgIpc) is 3.90. The fourth-order valence-electron chi connectivity index (χ4n) is 12.9. The van der Waals surface area contributed by atoms with Gasteiger partial charge in [0.15, 0.2) is 0 Å². The Kier molecular flexibility index (Phi) is 8.49. The number of hydrogen-bond acceptors (Lipinski definition) is 3. The van der Waals surface area contributed by atoms with Crippen molar-refractivity contribution in [3.8, 4) is 67.5 Å². The van der Waals surface area contributed by atoms with Crippen LogP contribution in [-0.2, 0) is 10.8 Å². The first-order valence-corrected chi connectivity index (χ1v) is 24.5. The molecule has 4 aliphatic rings. The second kappa shape index (κ2) is 15.2. The van der Waals surface area contributed by atoms with Crippen LogP contribution in [0, 0.1) is 0 Å². The summed E-state index contributed by atoms with van der Waals surface area (Å²) in [5, 5.41) is 0. The Hall–Kier alpha value is -9.18. The molecule has 332 valence electrons. The maximum absolute atomic E-state index is 6.73. The van der Waals surface area contributed by atoms with Crippen LogP contribution in [0.5, 0.6) is 23.0 Å². The summed E-state index contributed by atoms with van der Waals surface area (Å²) >= 11 is 0. The van der Waals surface area contributed by atoms with Gasteiger partial charge in [0.05, 0.1) is 22.2 Å². The van der Waals surface area contributed by atoms with Crippen molar-refractivity contribution >= 4 is 17.1 Å². The zero-order chi connectivity index (χ0) is 46.7. The van der Waals surface area contributed by atoms with Gasteiger partial charge >= 0.3 is 0 Å². The summed E-state index contributed by atoms with van der Waals surface area (Å²) in [7, 11) is 0. The van der Waals surface area contributed by atoms with Gasteiger partial charge in [0, 0.05) is 39.1 Å². The minimum Gasteiger partial charge on any atom is -0.457 e. The molecule has 0 atom stereocenters. The van der Waals surface area contributed by atoms with E-state index in [9.17, 15) is 0 Å². The fraction of sp³-hybridized carbons (Fsp3) is 0.0294. The fourth-order valence-corrected chi connectivity index (χ4v) is 12.9. The van der Waals surface area contributed by atoms with E-state index < -0.39 is 10.8 Å². The van der Waals surface area contributed by atoms with Crippen molar-refractivity contribution < 1.29 is 9.47 Å². The second-order valence-electron chi connectivity index (χ2n) is 19.0. The van der Waals surface area contributed by atoms with Crippen LogP contribution in [0.2, 0.25) is 0 Å². The number of benzene rings is 11. The van der Waals surface area contributed by atoms with Crippen molar-refractivity contribution in [2.45, 2.75) is 10.8 Å². The maximum Gasteiger partial charge on any atom is 0.132 e. The van der Waals surface area contributed by atoms with Crippen molar-refractivity contribution in [1.29, 1.82) is 0 Å². The number of ether oxygens (including phenoxy) is 2. The molecule has 71 heavy (non-hydrogen) atoms. The number of anilines is 3. The smallest absolute Gasteiger partial charge is 0.132 e. The third-order valence-electron chi connectivity index (χ3n) is 15.6. The third-order valence-corrected chi connectivity index (χ3v) is 15.6. The van der Waals surface area contributed by atoms with E-state index in [-0.39, 0.29) is 0 Å². The highest BCUT2D eigenvalue weighted by Gasteiger charge is 2.53. The van der Waals surface area contributed by atoms with Crippen molar-refractivity contribution in [3.63, 3.8) is 0 Å². The molecule has 0 bridgehead atoms. The van der Waals surface area contributed by atoms with Gasteiger partial charge in [0.1, 0.15) is 23.0 Å². The highest BCUT2D eigenvalue weighted by Crippen LogP contribution is 2.65. The molecule has 0 saturated heterocycles. The summed E-state index contributed by atoms with van der Waals surface area (Å²) in [4.78, 5) is 2.51. The van der Waals surface area contributed by atoms with E-state index in [2.05, 4.69) is 266 Å². The normalized spacial score (nSPS) is 14.1. The molecule has 0 N–H and O–H groups in total. The maximum atomic E-state index is 6.73. The number of nitrogens with zero attached hydrogens (tertiary/aromatic N) is 1. The van der Waals surface area contributed by atoms with Crippen molar-refractivity contribution in [3.05, 3.63) is 305 Å². The van der Waals surface area contributed by atoms with Gasteiger partial charge in [-0.1, -0.05) is 206 Å². The zero-order valence-corrected chi connectivity index (χ0v) is 38.6. The molecule has 0 amide bonds. The number of para-hydroxylation sites is 5. The first-order chi connectivity index (χ1) is 35.2. The van der Waals surface area contributed by atoms with Crippen molar-refractivity contribution in [2.75, 3.05) is 4.90 Å². The van der Waals surface area contributed by atoms with E-state index in [0.29, 0.717) is 0 Å². The van der Waals surface area contributed by atoms with Crippen LogP contribution >= 0.6 is 0 Å². The molecule has 3 nitrogen and oxygen atoms in total. The molecule has 2 spiro atoms. The summed E-state index contributed by atoms with van der Waals surface area (Å²) in [6.07, 6.45) is 0. The lowest BCUT2D eigenvalue weighted by molar-refractivity contribution is 0.436. The summed E-state index contributed by atoms with van der Waals surface area (Å²) in [6, 6.07) is 95.2. The molecular weight excluding hydrogens is 863 g/mol. The first kappa shape index (κ1) is 39.8. The highest BCUT2D eigenvalue weighted by atomic mass is 16.5. The Morgan fingerprint density at radius 3 is 1.31 bits per heavy atom. The van der Waals surface area contributed by atoms with Crippen LogP contribution in [0.25, 0.3) is 44.5 Å². The largest absolute Gasteiger partial charge is 0.457 e. The lowest BCUT2D eigenvalue weighted by atomic mass is 9.66. The van der Waals surface area contributed by atoms with Crippen molar-refractivity contribution in [1.82, 2.24) is 0 Å². The lowest BCUT2D eigenvalue weighted by Crippen LogP contribution is -2.32. The number of rotatable bonds is 5. The van der Waals surface area contributed by atoms with E-state index >= 15 is 0 Å². The van der Waals surface area contributed by atoms with E-state index in [1.54, 1.807) is 0 Å². The monoisotopic (exact) mass is 905 g/mol. The van der Waals surface area contributed by atoms with Crippen molar-refractivity contribution in [2.24, 2.45) is 0 Å². The second-order valence-corrected chi connectivity index (χ2v) is 19.0. The SMILES string of the molecule is c1ccc(-c2ccccc2N(c2cccc(-c3ccc4c(c3)C3(c5ccccc5Oc5ccccc53)c3ccccc3-4)c2)c2cccc3c2-c2ccccc2C32c3ccccc3Oc3ccccc32)cc1. The molecule has 2 aliphatic carbocycles. The van der Waals surface area contributed by atoms with Crippen LogP contribution in [-0.4, -0.2) is 0 Å². The van der Waals surface area contributed by atoms with E-state index in [1.807, 2.05) is 0 Å².